The summed E-state index contributed by atoms with van der Waals surface area (Å²) in [4.78, 5) is 32.7. The summed E-state index contributed by atoms with van der Waals surface area (Å²) in [6.45, 7) is -0.818. The van der Waals surface area contributed by atoms with E-state index in [9.17, 15) is 27.6 Å². The lowest BCUT2D eigenvalue weighted by Gasteiger charge is -2.19. The lowest BCUT2D eigenvalue weighted by molar-refractivity contribution is -0.176. The van der Waals surface area contributed by atoms with Gasteiger partial charge in [-0.05, 0) is 12.8 Å². The Morgan fingerprint density at radius 2 is 1.83 bits per heavy atom. The maximum atomic E-state index is 11.8. The van der Waals surface area contributed by atoms with Crippen LogP contribution in [0.3, 0.4) is 0 Å². The van der Waals surface area contributed by atoms with Crippen molar-refractivity contribution in [3.63, 3.8) is 0 Å². The predicted octanol–water partition coefficient (Wildman–Crippen LogP) is 0.925. The van der Waals surface area contributed by atoms with Gasteiger partial charge in [0.2, 0.25) is 0 Å². The molecule has 5 nitrogen and oxygen atoms in total. The number of halogens is 3. The Bertz CT molecular complexity index is 344. The Hall–Kier alpha value is -1.60. The van der Waals surface area contributed by atoms with Gasteiger partial charge < -0.3 is 10.1 Å². The van der Waals surface area contributed by atoms with E-state index in [0.717, 1.165) is 0 Å². The maximum Gasteiger partial charge on any atom is 0.471 e. The van der Waals surface area contributed by atoms with Gasteiger partial charge in [-0.15, -0.1) is 0 Å². The minimum Gasteiger partial charge on any atom is -0.444 e. The van der Waals surface area contributed by atoms with Gasteiger partial charge in [-0.2, -0.15) is 13.2 Å². The number of ketones is 1. The number of hydrogen-bond acceptors (Lipinski definition) is 4. The number of carbonyl (C=O) groups excluding carboxylic acids is 3. The van der Waals surface area contributed by atoms with Gasteiger partial charge in [0.25, 0.3) is 0 Å². The number of amides is 1. The van der Waals surface area contributed by atoms with Gasteiger partial charge in [0.05, 0.1) is 5.92 Å². The summed E-state index contributed by atoms with van der Waals surface area (Å²) in [6, 6.07) is 0. The molecule has 0 atom stereocenters. The van der Waals surface area contributed by atoms with E-state index in [2.05, 4.69) is 4.74 Å². The summed E-state index contributed by atoms with van der Waals surface area (Å²) < 4.78 is 39.8. The average Bonchev–Trinajstić information content (AvgIpc) is 2.28. The van der Waals surface area contributed by atoms with Gasteiger partial charge in [0.15, 0.2) is 6.73 Å². The van der Waals surface area contributed by atoms with Crippen LogP contribution in [-0.2, 0) is 19.1 Å². The molecule has 0 aromatic rings. The van der Waals surface area contributed by atoms with E-state index in [-0.39, 0.29) is 18.6 Å². The van der Waals surface area contributed by atoms with E-state index < -0.39 is 30.7 Å². The van der Waals surface area contributed by atoms with Crippen LogP contribution in [0, 0.1) is 5.92 Å². The van der Waals surface area contributed by atoms with Crippen molar-refractivity contribution in [1.82, 2.24) is 5.32 Å². The molecule has 1 N–H and O–H groups in total. The summed E-state index contributed by atoms with van der Waals surface area (Å²) in [6.07, 6.45) is -3.78. The lowest BCUT2D eigenvalue weighted by atomic mass is 9.89. The van der Waals surface area contributed by atoms with E-state index in [0.29, 0.717) is 12.8 Å². The highest BCUT2D eigenvalue weighted by molar-refractivity contribution is 5.83. The van der Waals surface area contributed by atoms with Gasteiger partial charge >= 0.3 is 18.1 Å². The molecule has 0 saturated heterocycles. The lowest BCUT2D eigenvalue weighted by Crippen LogP contribution is -2.39. The molecule has 0 aliphatic heterocycles. The van der Waals surface area contributed by atoms with Crippen molar-refractivity contribution in [3.05, 3.63) is 0 Å². The van der Waals surface area contributed by atoms with Crippen LogP contribution in [0.1, 0.15) is 25.7 Å². The molecular weight excluding hydrogens is 255 g/mol. The Morgan fingerprint density at radius 3 is 2.33 bits per heavy atom. The number of ether oxygens (including phenoxy) is 1. The zero-order chi connectivity index (χ0) is 13.8. The van der Waals surface area contributed by atoms with Gasteiger partial charge in [-0.3, -0.25) is 14.4 Å². The Morgan fingerprint density at radius 1 is 1.28 bits per heavy atom. The first-order valence-electron chi connectivity index (χ1n) is 5.34. The van der Waals surface area contributed by atoms with E-state index in [1.165, 1.54) is 5.32 Å². The molecule has 0 spiro atoms. The van der Waals surface area contributed by atoms with Crippen molar-refractivity contribution in [3.8, 4) is 0 Å². The second kappa shape index (κ2) is 5.83. The summed E-state index contributed by atoms with van der Waals surface area (Å²) in [7, 11) is 0. The Labute approximate surface area is 101 Å². The molecule has 1 aliphatic rings. The minimum atomic E-state index is -5.00. The molecule has 8 heteroatoms. The molecule has 102 valence electrons. The largest absolute Gasteiger partial charge is 0.471 e. The van der Waals surface area contributed by atoms with E-state index in [1.807, 2.05) is 0 Å². The second-order valence-electron chi connectivity index (χ2n) is 3.92. The molecule has 0 heterocycles. The first-order valence-corrected chi connectivity index (χ1v) is 5.34. The van der Waals surface area contributed by atoms with Crippen LogP contribution in [0.25, 0.3) is 0 Å². The molecule has 1 rings (SSSR count). The predicted molar refractivity (Wildman–Crippen MR) is 52.1 cm³/mol. The number of alkyl halides is 3. The summed E-state index contributed by atoms with van der Waals surface area (Å²) >= 11 is 0. The SMILES string of the molecule is O=C1CCC(C(=O)OCNC(=O)C(F)(F)F)CC1. The fourth-order valence-electron chi connectivity index (χ4n) is 1.57. The minimum absolute atomic E-state index is 0.0597. The zero-order valence-electron chi connectivity index (χ0n) is 9.38. The van der Waals surface area contributed by atoms with Crippen molar-refractivity contribution in [1.29, 1.82) is 0 Å². The Balaban J connectivity index is 2.25. The highest BCUT2D eigenvalue weighted by Gasteiger charge is 2.38. The van der Waals surface area contributed by atoms with Crippen LogP contribution in [0.5, 0.6) is 0 Å². The third-order valence-electron chi connectivity index (χ3n) is 2.58. The third kappa shape index (κ3) is 4.34. The molecule has 1 aliphatic carbocycles. The molecule has 0 unspecified atom stereocenters. The molecule has 1 fully saturated rings. The van der Waals surface area contributed by atoms with Crippen molar-refractivity contribution in [2.24, 2.45) is 5.92 Å². The van der Waals surface area contributed by atoms with Crippen LogP contribution >= 0.6 is 0 Å². The molecular formula is C10H12F3NO4. The van der Waals surface area contributed by atoms with Crippen LogP contribution in [0.4, 0.5) is 13.2 Å². The van der Waals surface area contributed by atoms with Gasteiger partial charge in [0.1, 0.15) is 5.78 Å². The summed E-state index contributed by atoms with van der Waals surface area (Å²) in [5.74, 6) is -3.27. The van der Waals surface area contributed by atoms with Crippen LogP contribution in [0.15, 0.2) is 0 Å². The first-order chi connectivity index (χ1) is 8.30. The molecule has 1 saturated carbocycles. The summed E-state index contributed by atoms with van der Waals surface area (Å²) in [5, 5.41) is 1.43. The first kappa shape index (κ1) is 14.5. The second-order valence-corrected chi connectivity index (χ2v) is 3.92. The van der Waals surface area contributed by atoms with Crippen molar-refractivity contribution in [2.45, 2.75) is 31.9 Å². The standard InChI is InChI=1S/C10H12F3NO4/c11-10(12,13)9(17)14-5-18-8(16)6-1-3-7(15)4-2-6/h6H,1-5H2,(H,14,17). The maximum absolute atomic E-state index is 11.8. The normalized spacial score (nSPS) is 17.4. The van der Waals surface area contributed by atoms with Crippen LogP contribution < -0.4 is 5.32 Å². The van der Waals surface area contributed by atoms with Gasteiger partial charge in [-0.25, -0.2) is 0 Å². The highest BCUT2D eigenvalue weighted by Crippen LogP contribution is 2.22. The van der Waals surface area contributed by atoms with E-state index in [1.54, 1.807) is 0 Å². The monoisotopic (exact) mass is 267 g/mol. The molecule has 18 heavy (non-hydrogen) atoms. The number of hydrogen-bond donors (Lipinski definition) is 1. The number of carbonyl (C=O) groups is 3. The highest BCUT2D eigenvalue weighted by atomic mass is 19.4. The van der Waals surface area contributed by atoms with Crippen LogP contribution in [0.2, 0.25) is 0 Å². The number of nitrogens with one attached hydrogen (secondary N) is 1. The molecule has 0 aromatic carbocycles. The van der Waals surface area contributed by atoms with Crippen molar-refractivity contribution in [2.75, 3.05) is 6.73 Å². The molecule has 1 amide bonds. The van der Waals surface area contributed by atoms with Gasteiger partial charge in [-0.1, -0.05) is 0 Å². The number of Topliss-reactive ketones (excluding diaryl/α,β-unsaturated/α-hetero) is 1. The van der Waals surface area contributed by atoms with Crippen molar-refractivity contribution >= 4 is 17.7 Å². The van der Waals surface area contributed by atoms with E-state index >= 15 is 0 Å². The molecule has 0 radical (unpaired) electrons. The average molecular weight is 267 g/mol. The van der Waals surface area contributed by atoms with Gasteiger partial charge in [0, 0.05) is 12.8 Å². The fraction of sp³-hybridized carbons (Fsp3) is 0.700. The quantitative estimate of drug-likeness (QED) is 0.609. The van der Waals surface area contributed by atoms with Crippen LogP contribution in [-0.4, -0.2) is 30.6 Å². The third-order valence-corrected chi connectivity index (χ3v) is 2.58. The van der Waals surface area contributed by atoms with E-state index in [4.69, 9.17) is 0 Å². The smallest absolute Gasteiger partial charge is 0.444 e. The zero-order valence-corrected chi connectivity index (χ0v) is 9.38. The Kier molecular flexibility index (Phi) is 4.69. The number of esters is 1. The number of rotatable bonds is 3. The molecule has 0 aromatic heterocycles. The summed E-state index contributed by atoms with van der Waals surface area (Å²) in [5.41, 5.74) is 0. The topological polar surface area (TPSA) is 72.5 Å². The van der Waals surface area contributed by atoms with Crippen molar-refractivity contribution < 1.29 is 32.3 Å². The fourth-order valence-corrected chi connectivity index (χ4v) is 1.57. The molecule has 0 bridgehead atoms.